The maximum Gasteiger partial charge on any atom is 0.338 e. The van der Waals surface area contributed by atoms with Crippen molar-refractivity contribution in [3.8, 4) is 0 Å². The molecule has 0 saturated carbocycles. The molecule has 5 nitrogen and oxygen atoms in total. The first kappa shape index (κ1) is 19.9. The standard InChI is InChI=1S/C22H25FN2O3/c1-2-15-28-22(27)17-7-9-18(10-8-17)24-21(26)16-11-13-25(14-12-16)20-6-4-3-5-19(20)23/h3-10,16H,2,11-15H2,1H3,(H,24,26). The fourth-order valence-corrected chi connectivity index (χ4v) is 3.30. The first-order valence-corrected chi connectivity index (χ1v) is 9.66. The van der Waals surface area contributed by atoms with Crippen LogP contribution >= 0.6 is 0 Å². The largest absolute Gasteiger partial charge is 0.462 e. The Balaban J connectivity index is 1.52. The molecule has 1 saturated heterocycles. The zero-order chi connectivity index (χ0) is 19.9. The SMILES string of the molecule is CCCOC(=O)c1ccc(NC(=O)C2CCN(c3ccccc3F)CC2)cc1. The molecule has 3 rings (SSSR count). The summed E-state index contributed by atoms with van der Waals surface area (Å²) in [7, 11) is 0. The summed E-state index contributed by atoms with van der Waals surface area (Å²) >= 11 is 0. The van der Waals surface area contributed by atoms with Crippen molar-refractivity contribution in [3.63, 3.8) is 0 Å². The molecule has 1 aliphatic heterocycles. The molecule has 1 aliphatic rings. The lowest BCUT2D eigenvalue weighted by Gasteiger charge is -2.33. The van der Waals surface area contributed by atoms with Gasteiger partial charge in [-0.1, -0.05) is 19.1 Å². The van der Waals surface area contributed by atoms with E-state index in [4.69, 9.17) is 4.74 Å². The fourth-order valence-electron chi connectivity index (χ4n) is 3.30. The van der Waals surface area contributed by atoms with Gasteiger partial charge in [-0.2, -0.15) is 0 Å². The average Bonchev–Trinajstić information content (AvgIpc) is 2.73. The van der Waals surface area contributed by atoms with E-state index in [0.717, 1.165) is 6.42 Å². The van der Waals surface area contributed by atoms with Gasteiger partial charge in [0.25, 0.3) is 0 Å². The van der Waals surface area contributed by atoms with Gasteiger partial charge >= 0.3 is 5.97 Å². The second kappa shape index (κ2) is 9.35. The van der Waals surface area contributed by atoms with E-state index in [9.17, 15) is 14.0 Å². The second-order valence-corrected chi connectivity index (χ2v) is 6.92. The van der Waals surface area contributed by atoms with Gasteiger partial charge < -0.3 is 15.0 Å². The number of hydrogen-bond acceptors (Lipinski definition) is 4. The minimum absolute atomic E-state index is 0.0468. The number of nitrogens with zero attached hydrogens (tertiary/aromatic N) is 1. The van der Waals surface area contributed by atoms with Crippen LogP contribution in [0.1, 0.15) is 36.5 Å². The average molecular weight is 384 g/mol. The maximum absolute atomic E-state index is 13.9. The molecule has 0 spiro atoms. The summed E-state index contributed by atoms with van der Waals surface area (Å²) in [5, 5.41) is 2.90. The van der Waals surface area contributed by atoms with E-state index in [0.29, 0.717) is 49.5 Å². The van der Waals surface area contributed by atoms with Crippen LogP contribution in [0.25, 0.3) is 0 Å². The Kier molecular flexibility index (Phi) is 6.63. The summed E-state index contributed by atoms with van der Waals surface area (Å²) in [5.74, 6) is -0.755. The van der Waals surface area contributed by atoms with E-state index < -0.39 is 0 Å². The number of esters is 1. The molecule has 0 unspecified atom stereocenters. The highest BCUT2D eigenvalue weighted by Gasteiger charge is 2.26. The van der Waals surface area contributed by atoms with Gasteiger partial charge in [0.15, 0.2) is 0 Å². The number of nitrogens with one attached hydrogen (secondary N) is 1. The molecule has 0 aromatic heterocycles. The number of rotatable bonds is 6. The van der Waals surface area contributed by atoms with E-state index in [1.165, 1.54) is 6.07 Å². The first-order valence-electron chi connectivity index (χ1n) is 9.66. The number of carbonyl (C=O) groups excluding carboxylic acids is 2. The van der Waals surface area contributed by atoms with Crippen LogP contribution in [0.3, 0.4) is 0 Å². The van der Waals surface area contributed by atoms with E-state index >= 15 is 0 Å². The van der Waals surface area contributed by atoms with Crippen molar-refractivity contribution in [1.82, 2.24) is 0 Å². The Morgan fingerprint density at radius 2 is 1.79 bits per heavy atom. The first-order chi connectivity index (χ1) is 13.6. The summed E-state index contributed by atoms with van der Waals surface area (Å²) in [6.07, 6.45) is 2.11. The van der Waals surface area contributed by atoms with Gasteiger partial charge in [-0.15, -0.1) is 0 Å². The van der Waals surface area contributed by atoms with Crippen molar-refractivity contribution in [1.29, 1.82) is 0 Å². The number of hydrogen-bond donors (Lipinski definition) is 1. The van der Waals surface area contributed by atoms with Crippen molar-refractivity contribution >= 4 is 23.3 Å². The van der Waals surface area contributed by atoms with Crippen LogP contribution in [0.15, 0.2) is 48.5 Å². The molecule has 1 heterocycles. The molecule has 0 atom stereocenters. The number of amides is 1. The highest BCUT2D eigenvalue weighted by molar-refractivity contribution is 5.94. The molecule has 2 aromatic rings. The number of para-hydroxylation sites is 1. The van der Waals surface area contributed by atoms with Gasteiger partial charge in [-0.05, 0) is 55.7 Å². The molecule has 6 heteroatoms. The highest BCUT2D eigenvalue weighted by Crippen LogP contribution is 2.26. The Morgan fingerprint density at radius 1 is 1.11 bits per heavy atom. The van der Waals surface area contributed by atoms with Crippen molar-refractivity contribution in [2.45, 2.75) is 26.2 Å². The quantitative estimate of drug-likeness (QED) is 0.757. The van der Waals surface area contributed by atoms with Crippen LogP contribution in [0.4, 0.5) is 15.8 Å². The molecule has 0 radical (unpaired) electrons. The smallest absolute Gasteiger partial charge is 0.338 e. The lowest BCUT2D eigenvalue weighted by Crippen LogP contribution is -2.38. The van der Waals surface area contributed by atoms with Crippen molar-refractivity contribution in [3.05, 3.63) is 59.9 Å². The van der Waals surface area contributed by atoms with E-state index in [2.05, 4.69) is 5.32 Å². The number of halogens is 1. The Morgan fingerprint density at radius 3 is 2.43 bits per heavy atom. The van der Waals surface area contributed by atoms with Gasteiger partial charge in [-0.3, -0.25) is 4.79 Å². The Hall–Kier alpha value is -2.89. The fraction of sp³-hybridized carbons (Fsp3) is 0.364. The van der Waals surface area contributed by atoms with Crippen LogP contribution in [-0.4, -0.2) is 31.6 Å². The molecule has 28 heavy (non-hydrogen) atoms. The molecule has 1 N–H and O–H groups in total. The molecular weight excluding hydrogens is 359 g/mol. The molecule has 2 aromatic carbocycles. The third-order valence-corrected chi connectivity index (χ3v) is 4.88. The minimum Gasteiger partial charge on any atom is -0.462 e. The van der Waals surface area contributed by atoms with Crippen LogP contribution in [-0.2, 0) is 9.53 Å². The van der Waals surface area contributed by atoms with E-state index in [1.807, 2.05) is 17.9 Å². The summed E-state index contributed by atoms with van der Waals surface area (Å²) in [5.41, 5.74) is 1.70. The normalized spacial score (nSPS) is 14.6. The Labute approximate surface area is 164 Å². The lowest BCUT2D eigenvalue weighted by molar-refractivity contribution is -0.120. The number of piperidine rings is 1. The summed E-state index contributed by atoms with van der Waals surface area (Å²) < 4.78 is 19.0. The topological polar surface area (TPSA) is 58.6 Å². The van der Waals surface area contributed by atoms with Crippen molar-refractivity contribution in [2.24, 2.45) is 5.92 Å². The van der Waals surface area contributed by atoms with Gasteiger partial charge in [0, 0.05) is 24.7 Å². The van der Waals surface area contributed by atoms with Crippen LogP contribution in [0, 0.1) is 11.7 Å². The highest BCUT2D eigenvalue weighted by atomic mass is 19.1. The summed E-state index contributed by atoms with van der Waals surface area (Å²) in [6, 6.07) is 13.4. The monoisotopic (exact) mass is 384 g/mol. The third kappa shape index (κ3) is 4.88. The molecule has 1 amide bonds. The van der Waals surface area contributed by atoms with Crippen LogP contribution in [0.5, 0.6) is 0 Å². The third-order valence-electron chi connectivity index (χ3n) is 4.88. The van der Waals surface area contributed by atoms with Crippen LogP contribution < -0.4 is 10.2 Å². The van der Waals surface area contributed by atoms with Crippen molar-refractivity contribution < 1.29 is 18.7 Å². The lowest BCUT2D eigenvalue weighted by atomic mass is 9.95. The zero-order valence-corrected chi connectivity index (χ0v) is 16.0. The van der Waals surface area contributed by atoms with E-state index in [-0.39, 0.29) is 23.6 Å². The molecule has 0 bridgehead atoms. The zero-order valence-electron chi connectivity index (χ0n) is 16.0. The van der Waals surface area contributed by atoms with Gasteiger partial charge in [-0.25, -0.2) is 9.18 Å². The molecule has 148 valence electrons. The number of benzene rings is 2. The number of ether oxygens (including phenoxy) is 1. The van der Waals surface area contributed by atoms with Gasteiger partial charge in [0.1, 0.15) is 5.82 Å². The number of carbonyl (C=O) groups is 2. The predicted molar refractivity (Wildman–Crippen MR) is 107 cm³/mol. The molecular formula is C22H25FN2O3. The van der Waals surface area contributed by atoms with Crippen molar-refractivity contribution in [2.75, 3.05) is 29.9 Å². The molecule has 0 aliphatic carbocycles. The predicted octanol–water partition coefficient (Wildman–Crippen LogP) is 4.25. The second-order valence-electron chi connectivity index (χ2n) is 6.92. The summed E-state index contributed by atoms with van der Waals surface area (Å²) in [4.78, 5) is 26.3. The summed E-state index contributed by atoms with van der Waals surface area (Å²) in [6.45, 7) is 3.61. The maximum atomic E-state index is 13.9. The number of anilines is 2. The van der Waals surface area contributed by atoms with E-state index in [1.54, 1.807) is 36.4 Å². The van der Waals surface area contributed by atoms with Crippen LogP contribution in [0.2, 0.25) is 0 Å². The van der Waals surface area contributed by atoms with Gasteiger partial charge in [0.05, 0.1) is 17.9 Å². The minimum atomic E-state index is -0.361. The van der Waals surface area contributed by atoms with Gasteiger partial charge in [0.2, 0.25) is 5.91 Å². The molecule has 1 fully saturated rings. The Bertz CT molecular complexity index is 815.